The number of carbonyl (C=O) groups is 6. The summed E-state index contributed by atoms with van der Waals surface area (Å²) < 4.78 is 0. The first-order valence-corrected chi connectivity index (χ1v) is 6.40. The van der Waals surface area contributed by atoms with E-state index in [-0.39, 0.29) is 54.4 Å². The Kier molecular flexibility index (Phi) is 21.5. The van der Waals surface area contributed by atoms with E-state index < -0.39 is 11.6 Å². The minimum Gasteiger partial charge on any atom is -0.877 e. The maximum absolute atomic E-state index is 10.3. The van der Waals surface area contributed by atoms with Crippen molar-refractivity contribution in [2.45, 2.75) is 41.5 Å². The van der Waals surface area contributed by atoms with E-state index in [0.29, 0.717) is 0 Å². The Labute approximate surface area is 154 Å². The van der Waals surface area contributed by atoms with Crippen LogP contribution in [0.5, 0.6) is 0 Å². The molecule has 0 saturated carbocycles. The van der Waals surface area contributed by atoms with Crippen LogP contribution in [0.1, 0.15) is 41.5 Å². The van der Waals surface area contributed by atoms with Gasteiger partial charge in [-0.15, -0.1) is 6.26 Å². The number of hydrogen-bond donors (Lipinski definition) is 0. The summed E-state index contributed by atoms with van der Waals surface area (Å²) >= 11 is 0. The van der Waals surface area contributed by atoms with E-state index in [2.05, 4.69) is 0 Å². The molecule has 1 radical (unpaired) electrons. The summed E-state index contributed by atoms with van der Waals surface area (Å²) in [4.78, 5) is 60.6. The van der Waals surface area contributed by atoms with Gasteiger partial charge in [0, 0.05) is 28.7 Å². The van der Waals surface area contributed by atoms with Crippen LogP contribution in [-0.4, -0.2) is 34.7 Å². The molecule has 0 aromatic carbocycles. The van der Waals surface area contributed by atoms with E-state index in [1.165, 1.54) is 41.5 Å². The number of hydrogen-bond acceptors (Lipinski definition) is 7. The van der Waals surface area contributed by atoms with Gasteiger partial charge in [0.2, 0.25) is 0 Å². The van der Waals surface area contributed by atoms with Gasteiger partial charge in [-0.1, -0.05) is 0 Å². The fraction of sp³-hybridized carbons (Fsp3) is 0.375. The zero-order chi connectivity index (χ0) is 19.2. The van der Waals surface area contributed by atoms with Crippen LogP contribution >= 0.6 is 0 Å². The Morgan fingerprint density at radius 1 is 0.625 bits per heavy atom. The average Bonchev–Trinajstić information content (AvgIpc) is 2.25. The van der Waals surface area contributed by atoms with Crippen molar-refractivity contribution in [3.05, 3.63) is 24.7 Å². The van der Waals surface area contributed by atoms with Gasteiger partial charge in [-0.05, 0) is 41.5 Å². The Morgan fingerprint density at radius 3 is 0.833 bits per heavy atom. The van der Waals surface area contributed by atoms with Gasteiger partial charge in [-0.3, -0.25) is 22.4 Å². The summed E-state index contributed by atoms with van der Waals surface area (Å²) in [7, 11) is 0. The van der Waals surface area contributed by atoms with Gasteiger partial charge >= 0.3 is 19.5 Å². The molecule has 0 aliphatic heterocycles. The van der Waals surface area contributed by atoms with Crippen molar-refractivity contribution in [1.29, 1.82) is 0 Å². The van der Waals surface area contributed by atoms with Gasteiger partial charge in [0.1, 0.15) is 0 Å². The van der Waals surface area contributed by atoms with Gasteiger partial charge in [0.05, 0.1) is 0 Å². The van der Waals surface area contributed by atoms with Gasteiger partial charge < -0.3 is 24.3 Å². The topological polar surface area (TPSA) is 125 Å². The molecule has 0 unspecified atom stereocenters. The number of ketones is 6. The van der Waals surface area contributed by atoms with E-state index in [1.54, 1.807) is 0 Å². The number of carbonyl (C=O) groups excluding carboxylic acids is 6. The maximum Gasteiger partial charge on any atom is 3.00 e. The molecule has 8 heteroatoms. The smallest absolute Gasteiger partial charge is 0.877 e. The molecular formula is C16H21O7Ru. The summed E-state index contributed by atoms with van der Waals surface area (Å²) in [6.45, 7) is 7.77. The zero-order valence-electron chi connectivity index (χ0n) is 14.4. The molecule has 0 spiro atoms. The fourth-order valence-electron chi connectivity index (χ4n) is 0.986. The summed E-state index contributed by atoms with van der Waals surface area (Å²) in [6.07, 6.45) is 2.39. The van der Waals surface area contributed by atoms with E-state index >= 15 is 0 Å². The SMILES string of the molecule is CC(=O)C(=C[O-])C(C)=O.CC(=O)[CH-]C(C)=O.CC(=O)[CH-]C(C)=O.[Ru+3]. The second kappa shape index (κ2) is 17.3. The quantitative estimate of drug-likeness (QED) is 0.148. The fourth-order valence-corrected chi connectivity index (χ4v) is 0.986. The molecule has 0 aliphatic carbocycles. The van der Waals surface area contributed by atoms with Crippen molar-refractivity contribution in [3.8, 4) is 0 Å². The number of rotatable bonds is 6. The van der Waals surface area contributed by atoms with Crippen molar-refractivity contribution in [2.75, 3.05) is 0 Å². The minimum absolute atomic E-state index is 0. The third-order valence-electron chi connectivity index (χ3n) is 1.69. The standard InChI is InChI=1S/C6H8O3.2C5H7O2.Ru/c1-4(8)6(3-7)5(2)9;2*1-4(6)3-5(2)7;/h3,7H,1-2H3;2*3H,1-2H3;/q;2*-1;+3/p-1. The molecule has 0 N–H and O–H groups in total. The van der Waals surface area contributed by atoms with Gasteiger partial charge in [0.15, 0.2) is 11.6 Å². The van der Waals surface area contributed by atoms with Gasteiger partial charge in [-0.2, -0.15) is 0 Å². The predicted octanol–water partition coefficient (Wildman–Crippen LogP) is 0.143. The van der Waals surface area contributed by atoms with Crippen LogP contribution in [0.4, 0.5) is 0 Å². The minimum atomic E-state index is -0.475. The van der Waals surface area contributed by atoms with Gasteiger partial charge in [-0.25, -0.2) is 0 Å². The van der Waals surface area contributed by atoms with Crippen LogP contribution in [0, 0.1) is 12.8 Å². The molecule has 0 fully saturated rings. The predicted molar refractivity (Wildman–Crippen MR) is 80.8 cm³/mol. The van der Waals surface area contributed by atoms with Crippen LogP contribution in [0.15, 0.2) is 11.8 Å². The Hall–Kier alpha value is -2.08. The molecule has 0 aromatic rings. The molecule has 0 atom stereocenters. The number of allylic oxidation sites excluding steroid dienone is 1. The average molecular weight is 426 g/mol. The maximum atomic E-state index is 10.3. The van der Waals surface area contributed by atoms with E-state index in [1.807, 2.05) is 0 Å². The van der Waals surface area contributed by atoms with Crippen LogP contribution in [0.25, 0.3) is 0 Å². The van der Waals surface area contributed by atoms with Crippen molar-refractivity contribution in [3.63, 3.8) is 0 Å². The number of Topliss-reactive ketones (excluding diaryl/α,β-unsaturated/α-hetero) is 6. The first-order valence-electron chi connectivity index (χ1n) is 6.40. The summed E-state index contributed by atoms with van der Waals surface area (Å²) in [5.74, 6) is -1.70. The summed E-state index contributed by atoms with van der Waals surface area (Å²) in [5, 5.41) is 9.91. The molecule has 0 heterocycles. The Bertz CT molecular complexity index is 439. The summed E-state index contributed by atoms with van der Waals surface area (Å²) in [5.41, 5.74) is -0.269. The monoisotopic (exact) mass is 427 g/mol. The second-order valence-corrected chi connectivity index (χ2v) is 4.38. The molecule has 0 bridgehead atoms. The van der Waals surface area contributed by atoms with E-state index in [4.69, 9.17) is 0 Å². The molecule has 0 aromatic heterocycles. The Morgan fingerprint density at radius 2 is 0.833 bits per heavy atom. The van der Waals surface area contributed by atoms with Crippen LogP contribution < -0.4 is 5.11 Å². The molecule has 135 valence electrons. The molecule has 0 rings (SSSR count). The van der Waals surface area contributed by atoms with E-state index in [9.17, 15) is 33.9 Å². The first-order chi connectivity index (χ1) is 10.3. The zero-order valence-corrected chi connectivity index (χ0v) is 16.2. The van der Waals surface area contributed by atoms with Gasteiger partial charge in [0.25, 0.3) is 0 Å². The first kappa shape index (κ1) is 29.9. The molecule has 24 heavy (non-hydrogen) atoms. The second-order valence-electron chi connectivity index (χ2n) is 4.38. The Balaban J connectivity index is -0.000000124. The molecular weight excluding hydrogens is 405 g/mol. The third-order valence-corrected chi connectivity index (χ3v) is 1.69. The molecule has 0 saturated heterocycles. The molecule has 0 aliphatic rings. The van der Waals surface area contributed by atoms with Crippen molar-refractivity contribution >= 4 is 34.7 Å². The van der Waals surface area contributed by atoms with Crippen molar-refractivity contribution in [2.24, 2.45) is 0 Å². The van der Waals surface area contributed by atoms with E-state index in [0.717, 1.165) is 12.8 Å². The van der Waals surface area contributed by atoms with Crippen molar-refractivity contribution in [1.82, 2.24) is 0 Å². The third kappa shape index (κ3) is 28.1. The van der Waals surface area contributed by atoms with Crippen LogP contribution in [-0.2, 0) is 48.2 Å². The van der Waals surface area contributed by atoms with Crippen LogP contribution in [0.2, 0.25) is 0 Å². The van der Waals surface area contributed by atoms with Crippen LogP contribution in [0.3, 0.4) is 0 Å². The van der Waals surface area contributed by atoms with Crippen molar-refractivity contribution < 1.29 is 53.4 Å². The normalized spacial score (nSPS) is 7.58. The largest absolute Gasteiger partial charge is 3.00 e. The summed E-state index contributed by atoms with van der Waals surface area (Å²) in [6, 6.07) is 0. The molecule has 0 amide bonds. The molecule has 7 nitrogen and oxygen atoms in total.